The topological polar surface area (TPSA) is 66.5 Å². The predicted octanol–water partition coefficient (Wildman–Crippen LogP) is 4.90. The summed E-state index contributed by atoms with van der Waals surface area (Å²) in [6, 6.07) is 9.56. The summed E-state index contributed by atoms with van der Waals surface area (Å²) in [4.78, 5) is 13.0. The van der Waals surface area contributed by atoms with E-state index in [2.05, 4.69) is 17.4 Å². The third-order valence-electron chi connectivity index (χ3n) is 5.47. The average molecular weight is 469 g/mol. The summed E-state index contributed by atoms with van der Waals surface area (Å²) < 4.78 is 26.0. The smallest absolute Gasteiger partial charge is 0.244 e. The molecule has 3 rings (SSSR count). The van der Waals surface area contributed by atoms with Gasteiger partial charge in [0, 0.05) is 5.02 Å². The molecule has 8 heteroatoms. The number of nitrogens with one attached hydrogen (secondary N) is 1. The second kappa shape index (κ2) is 9.16. The van der Waals surface area contributed by atoms with Crippen molar-refractivity contribution in [1.82, 2.24) is 5.32 Å². The molecule has 2 atom stereocenters. The number of amides is 1. The maximum absolute atomic E-state index is 13.0. The highest BCUT2D eigenvalue weighted by molar-refractivity contribution is 7.92. The molecule has 1 aliphatic rings. The first-order chi connectivity index (χ1) is 14.1. The van der Waals surface area contributed by atoms with Gasteiger partial charge in [0.1, 0.15) is 6.04 Å². The zero-order valence-electron chi connectivity index (χ0n) is 17.3. The minimum Gasteiger partial charge on any atom is -0.348 e. The molecule has 0 bridgehead atoms. The van der Waals surface area contributed by atoms with Gasteiger partial charge in [-0.3, -0.25) is 9.10 Å². The molecule has 2 aromatic carbocycles. The molecular formula is C22H26Cl2N2O3S. The van der Waals surface area contributed by atoms with Crippen molar-refractivity contribution in [3.05, 3.63) is 63.1 Å². The highest BCUT2D eigenvalue weighted by atomic mass is 35.5. The van der Waals surface area contributed by atoms with Gasteiger partial charge in [-0.15, -0.1) is 0 Å². The van der Waals surface area contributed by atoms with Crippen molar-refractivity contribution in [1.29, 1.82) is 0 Å². The molecule has 0 fully saturated rings. The minimum absolute atomic E-state index is 0.177. The minimum atomic E-state index is -3.78. The molecule has 5 nitrogen and oxygen atoms in total. The summed E-state index contributed by atoms with van der Waals surface area (Å²) in [5.74, 6) is -0.415. The Bertz CT molecular complexity index is 1060. The van der Waals surface area contributed by atoms with Crippen LogP contribution in [0.25, 0.3) is 0 Å². The maximum atomic E-state index is 13.0. The van der Waals surface area contributed by atoms with Gasteiger partial charge in [0.05, 0.1) is 23.0 Å². The third kappa shape index (κ3) is 5.10. The van der Waals surface area contributed by atoms with Gasteiger partial charge in [0.25, 0.3) is 0 Å². The van der Waals surface area contributed by atoms with Crippen LogP contribution in [-0.2, 0) is 27.7 Å². The van der Waals surface area contributed by atoms with E-state index >= 15 is 0 Å². The number of carbonyl (C=O) groups excluding carboxylic acids is 1. The largest absolute Gasteiger partial charge is 0.348 e. The number of hydrogen-bond donors (Lipinski definition) is 1. The maximum Gasteiger partial charge on any atom is 0.244 e. The summed E-state index contributed by atoms with van der Waals surface area (Å²) in [6.45, 7) is 3.43. The summed E-state index contributed by atoms with van der Waals surface area (Å²) in [5, 5.41) is 3.47. The summed E-state index contributed by atoms with van der Waals surface area (Å²) in [7, 11) is -3.78. The number of sulfonamides is 1. The zero-order valence-corrected chi connectivity index (χ0v) is 19.6. The van der Waals surface area contributed by atoms with Crippen molar-refractivity contribution in [3.63, 3.8) is 0 Å². The molecule has 0 radical (unpaired) electrons. The fourth-order valence-electron chi connectivity index (χ4n) is 3.88. The number of nitrogens with zero attached hydrogens (tertiary/aromatic N) is 1. The lowest BCUT2D eigenvalue weighted by atomic mass is 9.89. The van der Waals surface area contributed by atoms with Crippen LogP contribution in [0, 0.1) is 0 Å². The van der Waals surface area contributed by atoms with Gasteiger partial charge in [0.2, 0.25) is 15.9 Å². The molecule has 0 saturated carbocycles. The van der Waals surface area contributed by atoms with E-state index in [1.165, 1.54) is 43.0 Å². The molecule has 0 aliphatic heterocycles. The molecule has 1 amide bonds. The van der Waals surface area contributed by atoms with Crippen LogP contribution < -0.4 is 9.62 Å². The normalized spacial score (nSPS) is 15.8. The number of anilines is 1. The van der Waals surface area contributed by atoms with E-state index in [-0.39, 0.29) is 16.8 Å². The molecule has 0 spiro atoms. The highest BCUT2D eigenvalue weighted by Gasteiger charge is 2.31. The second-order valence-electron chi connectivity index (χ2n) is 7.80. The highest BCUT2D eigenvalue weighted by Crippen LogP contribution is 2.32. The van der Waals surface area contributed by atoms with Crippen LogP contribution >= 0.6 is 23.2 Å². The van der Waals surface area contributed by atoms with Gasteiger partial charge in [-0.05, 0) is 74.4 Å². The van der Waals surface area contributed by atoms with Crippen molar-refractivity contribution in [2.45, 2.75) is 51.6 Å². The van der Waals surface area contributed by atoms with Crippen LogP contribution in [0.4, 0.5) is 5.69 Å². The number of fused-ring (bicyclic) bond motifs is 1. The van der Waals surface area contributed by atoms with E-state index in [4.69, 9.17) is 23.2 Å². The number of benzene rings is 2. The second-order valence-corrected chi connectivity index (χ2v) is 10.5. The van der Waals surface area contributed by atoms with E-state index in [0.717, 1.165) is 29.0 Å². The van der Waals surface area contributed by atoms with Crippen LogP contribution in [0.15, 0.2) is 36.4 Å². The SMILES string of the molecule is C[C@H](C(=O)N[C@H](C)c1ccc2c(c1)CCCC2)N(c1cc(Cl)ccc1Cl)S(C)(=O)=O. The Balaban J connectivity index is 1.83. The van der Waals surface area contributed by atoms with Gasteiger partial charge in [-0.1, -0.05) is 41.4 Å². The Hall–Kier alpha value is -1.76. The van der Waals surface area contributed by atoms with E-state index in [0.29, 0.717) is 5.02 Å². The molecular weight excluding hydrogens is 443 g/mol. The lowest BCUT2D eigenvalue weighted by Gasteiger charge is -2.30. The zero-order chi connectivity index (χ0) is 22.1. The Kier molecular flexibility index (Phi) is 7.00. The molecule has 0 unspecified atom stereocenters. The average Bonchev–Trinajstić information content (AvgIpc) is 2.69. The van der Waals surface area contributed by atoms with Gasteiger partial charge in [-0.25, -0.2) is 8.42 Å². The van der Waals surface area contributed by atoms with Gasteiger partial charge in [0.15, 0.2) is 0 Å². The van der Waals surface area contributed by atoms with Gasteiger partial charge >= 0.3 is 0 Å². The van der Waals surface area contributed by atoms with Crippen LogP contribution in [0.5, 0.6) is 0 Å². The van der Waals surface area contributed by atoms with Crippen molar-refractivity contribution < 1.29 is 13.2 Å². The Morgan fingerprint density at radius 3 is 2.37 bits per heavy atom. The fourth-order valence-corrected chi connectivity index (χ4v) is 5.48. The molecule has 0 aromatic heterocycles. The number of halogens is 2. The third-order valence-corrected chi connectivity index (χ3v) is 7.25. The monoisotopic (exact) mass is 468 g/mol. The Morgan fingerprint density at radius 2 is 1.70 bits per heavy atom. The summed E-state index contributed by atoms with van der Waals surface area (Å²) >= 11 is 12.3. The van der Waals surface area contributed by atoms with Crippen LogP contribution in [0.1, 0.15) is 49.4 Å². The van der Waals surface area contributed by atoms with Crippen LogP contribution in [0.3, 0.4) is 0 Å². The van der Waals surface area contributed by atoms with E-state index in [9.17, 15) is 13.2 Å². The first-order valence-corrected chi connectivity index (χ1v) is 12.5. The van der Waals surface area contributed by atoms with Crippen molar-refractivity contribution in [2.24, 2.45) is 0 Å². The molecule has 30 heavy (non-hydrogen) atoms. The van der Waals surface area contributed by atoms with E-state index in [1.54, 1.807) is 6.07 Å². The first kappa shape index (κ1) is 22.9. The summed E-state index contributed by atoms with van der Waals surface area (Å²) in [5.41, 5.74) is 3.88. The van der Waals surface area contributed by atoms with E-state index in [1.807, 2.05) is 13.0 Å². The van der Waals surface area contributed by atoms with Gasteiger partial charge in [-0.2, -0.15) is 0 Å². The Morgan fingerprint density at radius 1 is 1.03 bits per heavy atom. The first-order valence-electron chi connectivity index (χ1n) is 9.94. The number of rotatable bonds is 6. The molecule has 2 aromatic rings. The number of aryl methyl sites for hydroxylation is 2. The quantitative estimate of drug-likeness (QED) is 0.654. The molecule has 162 valence electrons. The van der Waals surface area contributed by atoms with Crippen LogP contribution in [-0.4, -0.2) is 26.6 Å². The van der Waals surface area contributed by atoms with Crippen LogP contribution in [0.2, 0.25) is 10.0 Å². The standard InChI is InChI=1S/C22H26Cl2N2O3S/c1-14(17-9-8-16-6-4-5-7-18(16)12-17)25-22(27)15(2)26(30(3,28)29)21-13-19(23)10-11-20(21)24/h8-15H,4-7H2,1-3H3,(H,25,27)/t14-,15-/m1/s1. The van der Waals surface area contributed by atoms with Crippen molar-refractivity contribution in [3.8, 4) is 0 Å². The predicted molar refractivity (Wildman–Crippen MR) is 123 cm³/mol. The van der Waals surface area contributed by atoms with Crippen molar-refractivity contribution in [2.75, 3.05) is 10.6 Å². The fraction of sp³-hybridized carbons (Fsp3) is 0.409. The number of hydrogen-bond acceptors (Lipinski definition) is 3. The van der Waals surface area contributed by atoms with E-state index < -0.39 is 22.0 Å². The molecule has 1 aliphatic carbocycles. The summed E-state index contributed by atoms with van der Waals surface area (Å²) in [6.07, 6.45) is 5.58. The lowest BCUT2D eigenvalue weighted by Crippen LogP contribution is -2.48. The number of carbonyl (C=O) groups is 1. The van der Waals surface area contributed by atoms with Crippen molar-refractivity contribution >= 4 is 44.8 Å². The van der Waals surface area contributed by atoms with Gasteiger partial charge < -0.3 is 5.32 Å². The molecule has 0 heterocycles. The molecule has 1 N–H and O–H groups in total. The Labute approximate surface area is 188 Å². The lowest BCUT2D eigenvalue weighted by molar-refractivity contribution is -0.122. The molecule has 0 saturated heterocycles.